The summed E-state index contributed by atoms with van der Waals surface area (Å²) < 4.78 is 0. The quantitative estimate of drug-likeness (QED) is 0.556. The largest absolute Gasteiger partial charge is 0.385 e. The molecule has 13 heavy (non-hydrogen) atoms. The van der Waals surface area contributed by atoms with Gasteiger partial charge in [0.05, 0.1) is 0 Å². The SMILES string of the molecule is C[C@H](O)C(=O)c1cccc(C=O)c1. The third kappa shape index (κ3) is 2.23. The van der Waals surface area contributed by atoms with Crippen molar-refractivity contribution >= 4 is 12.1 Å². The van der Waals surface area contributed by atoms with Gasteiger partial charge in [0.1, 0.15) is 12.4 Å². The lowest BCUT2D eigenvalue weighted by atomic mass is 10.1. The minimum absolute atomic E-state index is 0.361. The number of aldehydes is 1. The van der Waals surface area contributed by atoms with Crippen LogP contribution >= 0.6 is 0 Å². The topological polar surface area (TPSA) is 54.4 Å². The molecule has 0 aliphatic carbocycles. The lowest BCUT2D eigenvalue weighted by molar-refractivity contribution is 0.0779. The normalized spacial score (nSPS) is 12.2. The number of carbonyl (C=O) groups is 2. The van der Waals surface area contributed by atoms with Gasteiger partial charge in [-0.25, -0.2) is 0 Å². The second kappa shape index (κ2) is 3.96. The molecule has 0 unspecified atom stereocenters. The van der Waals surface area contributed by atoms with Crippen LogP contribution in [0.5, 0.6) is 0 Å². The number of carbonyl (C=O) groups excluding carboxylic acids is 2. The van der Waals surface area contributed by atoms with E-state index < -0.39 is 6.10 Å². The number of hydrogen-bond acceptors (Lipinski definition) is 3. The van der Waals surface area contributed by atoms with Crippen LogP contribution in [-0.4, -0.2) is 23.3 Å². The highest BCUT2D eigenvalue weighted by Crippen LogP contribution is 2.06. The summed E-state index contributed by atoms with van der Waals surface area (Å²) in [6.07, 6.45) is -0.361. The second-order valence-corrected chi connectivity index (χ2v) is 2.78. The summed E-state index contributed by atoms with van der Waals surface area (Å²) in [7, 11) is 0. The number of aliphatic hydroxyl groups is 1. The van der Waals surface area contributed by atoms with Gasteiger partial charge in [0.25, 0.3) is 0 Å². The predicted octanol–water partition coefficient (Wildman–Crippen LogP) is 1.06. The van der Waals surface area contributed by atoms with Crippen molar-refractivity contribution in [1.29, 1.82) is 0 Å². The zero-order chi connectivity index (χ0) is 9.84. The first kappa shape index (κ1) is 9.61. The molecule has 0 bridgehead atoms. The molecule has 0 saturated heterocycles. The van der Waals surface area contributed by atoms with Gasteiger partial charge in [-0.3, -0.25) is 9.59 Å². The van der Waals surface area contributed by atoms with Crippen molar-refractivity contribution in [2.45, 2.75) is 13.0 Å². The van der Waals surface area contributed by atoms with Crippen LogP contribution in [-0.2, 0) is 0 Å². The van der Waals surface area contributed by atoms with Gasteiger partial charge in [-0.2, -0.15) is 0 Å². The lowest BCUT2D eigenvalue weighted by Crippen LogP contribution is -2.16. The summed E-state index contributed by atoms with van der Waals surface area (Å²) in [5.74, 6) is -0.372. The average molecular weight is 178 g/mol. The van der Waals surface area contributed by atoms with Crippen molar-refractivity contribution in [2.24, 2.45) is 0 Å². The van der Waals surface area contributed by atoms with Crippen LogP contribution in [0.3, 0.4) is 0 Å². The maximum Gasteiger partial charge on any atom is 0.190 e. The zero-order valence-corrected chi connectivity index (χ0v) is 7.23. The van der Waals surface area contributed by atoms with E-state index in [0.29, 0.717) is 17.4 Å². The van der Waals surface area contributed by atoms with Crippen molar-refractivity contribution in [3.63, 3.8) is 0 Å². The Bertz CT molecular complexity index is 329. The van der Waals surface area contributed by atoms with E-state index in [-0.39, 0.29) is 5.78 Å². The van der Waals surface area contributed by atoms with Crippen molar-refractivity contribution in [3.8, 4) is 0 Å². The highest BCUT2D eigenvalue weighted by Gasteiger charge is 2.11. The third-order valence-electron chi connectivity index (χ3n) is 1.69. The Morgan fingerprint density at radius 3 is 2.77 bits per heavy atom. The number of Topliss-reactive ketones (excluding diaryl/α,β-unsaturated/α-hetero) is 1. The van der Waals surface area contributed by atoms with Gasteiger partial charge in [0, 0.05) is 11.1 Å². The molecule has 3 heteroatoms. The first-order valence-electron chi connectivity index (χ1n) is 3.92. The maximum atomic E-state index is 11.2. The number of aliphatic hydroxyl groups excluding tert-OH is 1. The summed E-state index contributed by atoms with van der Waals surface area (Å²) in [6.45, 7) is 1.40. The van der Waals surface area contributed by atoms with Crippen LogP contribution in [0.2, 0.25) is 0 Å². The van der Waals surface area contributed by atoms with Crippen LogP contribution < -0.4 is 0 Å². The Labute approximate surface area is 76.0 Å². The highest BCUT2D eigenvalue weighted by molar-refractivity contribution is 6.00. The van der Waals surface area contributed by atoms with Crippen LogP contribution in [0.15, 0.2) is 24.3 Å². The number of ketones is 1. The van der Waals surface area contributed by atoms with Crippen LogP contribution in [0, 0.1) is 0 Å². The molecule has 0 aliphatic rings. The Hall–Kier alpha value is -1.48. The molecule has 0 heterocycles. The Balaban J connectivity index is 3.01. The molecule has 0 spiro atoms. The fraction of sp³-hybridized carbons (Fsp3) is 0.200. The van der Waals surface area contributed by atoms with E-state index in [4.69, 9.17) is 5.11 Å². The van der Waals surface area contributed by atoms with E-state index in [9.17, 15) is 9.59 Å². The monoisotopic (exact) mass is 178 g/mol. The summed E-state index contributed by atoms with van der Waals surface area (Å²) in [4.78, 5) is 21.6. The second-order valence-electron chi connectivity index (χ2n) is 2.78. The zero-order valence-electron chi connectivity index (χ0n) is 7.23. The van der Waals surface area contributed by atoms with Gasteiger partial charge >= 0.3 is 0 Å². The van der Waals surface area contributed by atoms with Crippen LogP contribution in [0.25, 0.3) is 0 Å². The van der Waals surface area contributed by atoms with E-state index >= 15 is 0 Å². The summed E-state index contributed by atoms with van der Waals surface area (Å²) in [5, 5.41) is 9.00. The number of benzene rings is 1. The molecular weight excluding hydrogens is 168 g/mol. The van der Waals surface area contributed by atoms with Crippen LogP contribution in [0.1, 0.15) is 27.6 Å². The van der Waals surface area contributed by atoms with Gasteiger partial charge in [-0.05, 0) is 13.0 Å². The molecular formula is C10H10O3. The highest BCUT2D eigenvalue weighted by atomic mass is 16.3. The Morgan fingerprint density at radius 1 is 1.54 bits per heavy atom. The van der Waals surface area contributed by atoms with Gasteiger partial charge in [-0.1, -0.05) is 18.2 Å². The van der Waals surface area contributed by atoms with Gasteiger partial charge < -0.3 is 5.11 Å². The molecule has 1 N–H and O–H groups in total. The first-order valence-corrected chi connectivity index (χ1v) is 3.92. The van der Waals surface area contributed by atoms with E-state index in [1.54, 1.807) is 18.2 Å². The Kier molecular flexibility index (Phi) is 2.93. The predicted molar refractivity (Wildman–Crippen MR) is 47.8 cm³/mol. The van der Waals surface area contributed by atoms with Crippen molar-refractivity contribution < 1.29 is 14.7 Å². The molecule has 0 saturated carbocycles. The molecule has 0 aromatic heterocycles. The van der Waals surface area contributed by atoms with Crippen molar-refractivity contribution in [2.75, 3.05) is 0 Å². The van der Waals surface area contributed by atoms with Crippen molar-refractivity contribution in [1.82, 2.24) is 0 Å². The standard InChI is InChI=1S/C10H10O3/c1-7(12)10(13)9-4-2-3-8(5-9)6-11/h2-7,12H,1H3/t7-/m0/s1. The molecule has 68 valence electrons. The van der Waals surface area contributed by atoms with Crippen LogP contribution in [0.4, 0.5) is 0 Å². The molecule has 0 amide bonds. The summed E-state index contributed by atoms with van der Waals surface area (Å²) in [6, 6.07) is 6.25. The molecule has 0 fully saturated rings. The minimum atomic E-state index is -1.03. The third-order valence-corrected chi connectivity index (χ3v) is 1.69. The molecule has 0 radical (unpaired) electrons. The van der Waals surface area contributed by atoms with E-state index in [2.05, 4.69) is 0 Å². The molecule has 3 nitrogen and oxygen atoms in total. The Morgan fingerprint density at radius 2 is 2.23 bits per heavy atom. The molecule has 1 atom stereocenters. The molecule has 1 aromatic carbocycles. The fourth-order valence-electron chi connectivity index (χ4n) is 1.01. The lowest BCUT2D eigenvalue weighted by Gasteiger charge is -2.02. The first-order chi connectivity index (χ1) is 6.15. The maximum absolute atomic E-state index is 11.2. The van der Waals surface area contributed by atoms with Gasteiger partial charge in [-0.15, -0.1) is 0 Å². The molecule has 1 rings (SSSR count). The van der Waals surface area contributed by atoms with Gasteiger partial charge in [0.2, 0.25) is 0 Å². The average Bonchev–Trinajstić information content (AvgIpc) is 2.16. The fourth-order valence-corrected chi connectivity index (χ4v) is 1.01. The summed E-state index contributed by atoms with van der Waals surface area (Å²) in [5.41, 5.74) is 0.797. The number of rotatable bonds is 3. The molecule has 1 aromatic rings. The molecule has 0 aliphatic heterocycles. The summed E-state index contributed by atoms with van der Waals surface area (Å²) >= 11 is 0. The smallest absolute Gasteiger partial charge is 0.190 e. The van der Waals surface area contributed by atoms with Crippen molar-refractivity contribution in [3.05, 3.63) is 35.4 Å². The van der Waals surface area contributed by atoms with E-state index in [1.807, 2.05) is 0 Å². The minimum Gasteiger partial charge on any atom is -0.385 e. The van der Waals surface area contributed by atoms with E-state index in [1.165, 1.54) is 13.0 Å². The van der Waals surface area contributed by atoms with Gasteiger partial charge in [0.15, 0.2) is 5.78 Å². The van der Waals surface area contributed by atoms with E-state index in [0.717, 1.165) is 0 Å². The number of hydrogen-bond donors (Lipinski definition) is 1.